The molecule has 0 bridgehead atoms. The summed E-state index contributed by atoms with van der Waals surface area (Å²) in [6.45, 7) is 1.75. The van der Waals surface area contributed by atoms with Crippen molar-refractivity contribution < 1.29 is 14.3 Å². The van der Waals surface area contributed by atoms with Crippen LogP contribution in [0.4, 0.5) is 0 Å². The third-order valence-corrected chi connectivity index (χ3v) is 3.00. The van der Waals surface area contributed by atoms with Gasteiger partial charge >= 0.3 is 5.97 Å². The minimum absolute atomic E-state index is 0.156. The zero-order valence-electron chi connectivity index (χ0n) is 9.68. The number of carbonyl (C=O) groups excluding carboxylic acids is 1. The number of carbonyl (C=O) groups is 1. The number of nitriles is 1. The van der Waals surface area contributed by atoms with Gasteiger partial charge in [0.05, 0.1) is 26.4 Å². The molecular weight excluding hydrogens is 220 g/mol. The summed E-state index contributed by atoms with van der Waals surface area (Å²) in [5, 5.41) is 8.81. The molecule has 0 spiro atoms. The van der Waals surface area contributed by atoms with Crippen LogP contribution in [0.1, 0.15) is 16.9 Å². The second kappa shape index (κ2) is 4.60. The van der Waals surface area contributed by atoms with E-state index in [0.29, 0.717) is 31.9 Å². The van der Waals surface area contributed by atoms with E-state index in [1.807, 2.05) is 10.8 Å². The summed E-state index contributed by atoms with van der Waals surface area (Å²) in [5.74, 6) is -0.359. The van der Waals surface area contributed by atoms with E-state index in [1.165, 1.54) is 7.11 Å². The summed E-state index contributed by atoms with van der Waals surface area (Å²) < 4.78 is 11.7. The first-order chi connectivity index (χ1) is 8.21. The van der Waals surface area contributed by atoms with Crippen LogP contribution in [0.3, 0.4) is 0 Å². The lowest BCUT2D eigenvalue weighted by atomic mass is 9.83. The largest absolute Gasteiger partial charge is 0.464 e. The van der Waals surface area contributed by atoms with Crippen molar-refractivity contribution in [2.24, 2.45) is 5.41 Å². The maximum Gasteiger partial charge on any atom is 0.354 e. The van der Waals surface area contributed by atoms with Crippen LogP contribution in [-0.4, -0.2) is 30.9 Å². The fourth-order valence-electron chi connectivity index (χ4n) is 2.01. The average Bonchev–Trinajstić information content (AvgIpc) is 2.73. The van der Waals surface area contributed by atoms with Crippen LogP contribution in [0.2, 0.25) is 0 Å². The Balaban J connectivity index is 2.16. The van der Waals surface area contributed by atoms with Crippen molar-refractivity contribution in [3.63, 3.8) is 0 Å². The summed E-state index contributed by atoms with van der Waals surface area (Å²) in [7, 11) is 1.36. The van der Waals surface area contributed by atoms with E-state index in [-0.39, 0.29) is 11.4 Å². The second-order valence-corrected chi connectivity index (χ2v) is 4.34. The Morgan fingerprint density at radius 1 is 1.71 bits per heavy atom. The number of ether oxygens (including phenoxy) is 2. The molecule has 2 heterocycles. The van der Waals surface area contributed by atoms with Gasteiger partial charge in [0.25, 0.3) is 0 Å². The van der Waals surface area contributed by atoms with Gasteiger partial charge in [0, 0.05) is 24.6 Å². The van der Waals surface area contributed by atoms with Gasteiger partial charge in [-0.05, 0) is 12.1 Å². The van der Waals surface area contributed by atoms with Gasteiger partial charge in [-0.2, -0.15) is 5.26 Å². The number of hydrogen-bond acceptors (Lipinski definition) is 4. The van der Waals surface area contributed by atoms with Gasteiger partial charge in [-0.25, -0.2) is 4.79 Å². The van der Waals surface area contributed by atoms with E-state index in [9.17, 15) is 4.79 Å². The van der Waals surface area contributed by atoms with Gasteiger partial charge in [0.15, 0.2) is 0 Å². The smallest absolute Gasteiger partial charge is 0.354 e. The van der Waals surface area contributed by atoms with E-state index in [1.54, 1.807) is 12.1 Å². The molecule has 0 unspecified atom stereocenters. The first-order valence-electron chi connectivity index (χ1n) is 5.39. The predicted octanol–water partition coefficient (Wildman–Crippen LogP) is 1.20. The molecule has 0 radical (unpaired) electrons. The zero-order valence-corrected chi connectivity index (χ0v) is 9.68. The molecule has 0 aliphatic carbocycles. The predicted molar refractivity (Wildman–Crippen MR) is 59.3 cm³/mol. The van der Waals surface area contributed by atoms with Crippen LogP contribution in [0.5, 0.6) is 0 Å². The topological polar surface area (TPSA) is 64.2 Å². The highest BCUT2D eigenvalue weighted by Gasteiger charge is 2.39. The number of methoxy groups -OCH3 is 1. The van der Waals surface area contributed by atoms with Crippen LogP contribution in [-0.2, 0) is 16.0 Å². The number of hydrogen-bond donors (Lipinski definition) is 0. The van der Waals surface area contributed by atoms with Crippen molar-refractivity contribution in [2.75, 3.05) is 20.3 Å². The van der Waals surface area contributed by atoms with Crippen molar-refractivity contribution in [1.29, 1.82) is 5.26 Å². The lowest BCUT2D eigenvalue weighted by molar-refractivity contribution is -0.119. The maximum atomic E-state index is 11.5. The minimum atomic E-state index is -0.359. The minimum Gasteiger partial charge on any atom is -0.464 e. The van der Waals surface area contributed by atoms with E-state index in [4.69, 9.17) is 14.7 Å². The summed E-state index contributed by atoms with van der Waals surface area (Å²) in [4.78, 5) is 11.5. The highest BCUT2D eigenvalue weighted by Crippen LogP contribution is 2.33. The van der Waals surface area contributed by atoms with Crippen LogP contribution in [0, 0.1) is 16.7 Å². The molecule has 0 saturated carbocycles. The fourth-order valence-corrected chi connectivity index (χ4v) is 2.01. The Morgan fingerprint density at radius 2 is 2.47 bits per heavy atom. The van der Waals surface area contributed by atoms with Crippen LogP contribution in [0.15, 0.2) is 18.3 Å². The quantitative estimate of drug-likeness (QED) is 0.734. The lowest BCUT2D eigenvalue weighted by Crippen LogP contribution is -2.45. The molecule has 1 saturated heterocycles. The first kappa shape index (κ1) is 11.7. The number of esters is 1. The summed E-state index contributed by atoms with van der Waals surface area (Å²) in [6, 6.07) is 5.69. The Kier molecular flexibility index (Phi) is 3.16. The van der Waals surface area contributed by atoms with Crippen LogP contribution in [0.25, 0.3) is 0 Å². The van der Waals surface area contributed by atoms with Crippen molar-refractivity contribution in [3.05, 3.63) is 24.0 Å². The molecule has 0 aromatic carbocycles. The number of aromatic nitrogens is 1. The molecule has 5 nitrogen and oxygen atoms in total. The van der Waals surface area contributed by atoms with Crippen molar-refractivity contribution in [3.8, 4) is 6.07 Å². The lowest BCUT2D eigenvalue weighted by Gasteiger charge is -2.40. The molecule has 0 N–H and O–H groups in total. The molecule has 0 atom stereocenters. The van der Waals surface area contributed by atoms with Gasteiger partial charge in [-0.1, -0.05) is 0 Å². The Bertz CT molecular complexity index is 455. The highest BCUT2D eigenvalue weighted by molar-refractivity contribution is 5.87. The standard InChI is InChI=1S/C12H14N2O3/c1-16-11(15)10-3-2-6-14(10)7-12(4-5-13)8-17-9-12/h2-3,6H,4,7-9H2,1H3. The van der Waals surface area contributed by atoms with Crippen molar-refractivity contribution in [1.82, 2.24) is 4.57 Å². The Hall–Kier alpha value is -1.80. The molecule has 1 aromatic rings. The first-order valence-corrected chi connectivity index (χ1v) is 5.39. The van der Waals surface area contributed by atoms with Gasteiger partial charge in [0.1, 0.15) is 5.69 Å². The highest BCUT2D eigenvalue weighted by atomic mass is 16.5. The van der Waals surface area contributed by atoms with Gasteiger partial charge in [-0.15, -0.1) is 0 Å². The van der Waals surface area contributed by atoms with E-state index >= 15 is 0 Å². The fraction of sp³-hybridized carbons (Fsp3) is 0.500. The normalized spacial score (nSPS) is 16.9. The zero-order chi connectivity index (χ0) is 12.3. The summed E-state index contributed by atoms with van der Waals surface area (Å²) in [5.41, 5.74) is 0.355. The van der Waals surface area contributed by atoms with E-state index in [0.717, 1.165) is 0 Å². The van der Waals surface area contributed by atoms with Gasteiger partial charge in [-0.3, -0.25) is 0 Å². The molecule has 1 fully saturated rings. The maximum absolute atomic E-state index is 11.5. The number of rotatable bonds is 4. The molecule has 1 aliphatic heterocycles. The molecule has 90 valence electrons. The van der Waals surface area contributed by atoms with Crippen molar-refractivity contribution in [2.45, 2.75) is 13.0 Å². The van der Waals surface area contributed by atoms with Gasteiger partial charge < -0.3 is 14.0 Å². The third-order valence-electron chi connectivity index (χ3n) is 3.00. The number of nitrogens with zero attached hydrogens (tertiary/aromatic N) is 2. The molecule has 17 heavy (non-hydrogen) atoms. The van der Waals surface area contributed by atoms with E-state index in [2.05, 4.69) is 6.07 Å². The molecule has 5 heteroatoms. The Morgan fingerprint density at radius 3 is 3.00 bits per heavy atom. The molecule has 1 aliphatic rings. The van der Waals surface area contributed by atoms with Crippen LogP contribution < -0.4 is 0 Å². The second-order valence-electron chi connectivity index (χ2n) is 4.34. The summed E-state index contributed by atoms with van der Waals surface area (Å²) >= 11 is 0. The van der Waals surface area contributed by atoms with Gasteiger partial charge in [0.2, 0.25) is 0 Å². The summed E-state index contributed by atoms with van der Waals surface area (Å²) in [6.07, 6.45) is 2.26. The monoisotopic (exact) mass is 234 g/mol. The molecule has 1 aromatic heterocycles. The molecule has 2 rings (SSSR count). The van der Waals surface area contributed by atoms with E-state index < -0.39 is 0 Å². The average molecular weight is 234 g/mol. The SMILES string of the molecule is COC(=O)c1cccn1CC1(CC#N)COC1. The van der Waals surface area contributed by atoms with Crippen LogP contribution >= 0.6 is 0 Å². The molecular formula is C12H14N2O3. The third kappa shape index (κ3) is 2.17. The van der Waals surface area contributed by atoms with Crippen molar-refractivity contribution >= 4 is 5.97 Å². The Labute approximate surface area is 99.5 Å². The molecule has 0 amide bonds.